The van der Waals surface area contributed by atoms with Crippen LogP contribution >= 0.6 is 11.8 Å². The van der Waals surface area contributed by atoms with Crippen LogP contribution in [0.25, 0.3) is 74.2 Å². The molecule has 7 aromatic rings. The first kappa shape index (κ1) is 27.6. The lowest BCUT2D eigenvalue weighted by atomic mass is 9.91. The maximum absolute atomic E-state index is 5.22. The molecule has 2 aromatic heterocycles. The van der Waals surface area contributed by atoms with E-state index in [0.717, 1.165) is 52.5 Å². The molecule has 3 aliphatic rings. The zero-order valence-electron chi connectivity index (χ0n) is 26.3. The van der Waals surface area contributed by atoms with Gasteiger partial charge in [0.25, 0.3) is 0 Å². The van der Waals surface area contributed by atoms with Gasteiger partial charge in [-0.05, 0) is 77.6 Å². The number of para-hydroxylation sites is 1. The predicted molar refractivity (Wildman–Crippen MR) is 200 cm³/mol. The second kappa shape index (κ2) is 11.1. The molecule has 0 fully saturated rings. The van der Waals surface area contributed by atoms with E-state index in [1.807, 2.05) is 11.8 Å². The number of benzene rings is 5. The Labute approximate surface area is 283 Å². The van der Waals surface area contributed by atoms with Crippen molar-refractivity contribution in [1.82, 2.24) is 14.5 Å². The van der Waals surface area contributed by atoms with Crippen LogP contribution in [-0.2, 0) is 6.42 Å². The molecule has 1 atom stereocenters. The molecule has 10 rings (SSSR count). The second-order valence-electron chi connectivity index (χ2n) is 12.8. The van der Waals surface area contributed by atoms with Crippen LogP contribution in [0.1, 0.15) is 29.7 Å². The zero-order valence-corrected chi connectivity index (χ0v) is 27.1. The molecular weight excluding hydrogens is 603 g/mol. The van der Waals surface area contributed by atoms with Gasteiger partial charge in [0, 0.05) is 55.2 Å². The fraction of sp³-hybridized carbons (Fsp3) is 0.0909. The maximum atomic E-state index is 5.22. The molecule has 0 saturated carbocycles. The minimum atomic E-state index is 0.439. The Kier molecular flexibility index (Phi) is 6.38. The fourth-order valence-electron chi connectivity index (χ4n) is 7.68. The summed E-state index contributed by atoms with van der Waals surface area (Å²) in [6.45, 7) is 0. The molecule has 0 N–H and O–H groups in total. The highest BCUT2D eigenvalue weighted by Gasteiger charge is 2.34. The largest absolute Gasteiger partial charge is 0.313 e. The van der Waals surface area contributed by atoms with Gasteiger partial charge in [0.05, 0.1) is 16.6 Å². The van der Waals surface area contributed by atoms with Crippen LogP contribution in [-0.4, -0.2) is 19.8 Å². The summed E-state index contributed by atoms with van der Waals surface area (Å²) in [5.41, 5.74) is 13.6. The molecule has 3 heterocycles. The molecule has 4 heteroatoms. The highest BCUT2D eigenvalue weighted by atomic mass is 32.2. The van der Waals surface area contributed by atoms with Gasteiger partial charge in [-0.2, -0.15) is 0 Å². The lowest BCUT2D eigenvalue weighted by molar-refractivity contribution is 0.913. The molecular formula is C44H31N3S. The summed E-state index contributed by atoms with van der Waals surface area (Å²) in [6.07, 6.45) is 10.0. The van der Waals surface area contributed by atoms with Gasteiger partial charge in [-0.15, -0.1) is 11.8 Å². The van der Waals surface area contributed by atoms with Gasteiger partial charge >= 0.3 is 0 Å². The minimum absolute atomic E-state index is 0.439. The van der Waals surface area contributed by atoms with E-state index >= 15 is 0 Å². The monoisotopic (exact) mass is 633 g/mol. The lowest BCUT2D eigenvalue weighted by Gasteiger charge is -2.20. The smallest absolute Gasteiger partial charge is 0.160 e. The van der Waals surface area contributed by atoms with Gasteiger partial charge in [-0.3, -0.25) is 0 Å². The fourth-order valence-corrected chi connectivity index (χ4v) is 9.02. The Hall–Kier alpha value is -5.45. The summed E-state index contributed by atoms with van der Waals surface area (Å²) in [5.74, 6) is 0.765. The van der Waals surface area contributed by atoms with Crippen LogP contribution in [0.5, 0.6) is 0 Å². The van der Waals surface area contributed by atoms with E-state index in [1.165, 1.54) is 55.0 Å². The van der Waals surface area contributed by atoms with Gasteiger partial charge in [0.1, 0.15) is 0 Å². The summed E-state index contributed by atoms with van der Waals surface area (Å²) < 4.78 is 2.47. The number of rotatable bonds is 4. The molecule has 1 aliphatic heterocycles. The van der Waals surface area contributed by atoms with E-state index in [1.54, 1.807) is 0 Å². The first-order valence-corrected chi connectivity index (χ1v) is 17.6. The molecule has 48 heavy (non-hydrogen) atoms. The third-order valence-electron chi connectivity index (χ3n) is 9.99. The van der Waals surface area contributed by atoms with Crippen molar-refractivity contribution in [2.45, 2.75) is 29.4 Å². The summed E-state index contributed by atoms with van der Waals surface area (Å²) in [5, 5.41) is 3.92. The van der Waals surface area contributed by atoms with Crippen molar-refractivity contribution in [1.29, 1.82) is 0 Å². The number of hydrogen-bond donors (Lipinski definition) is 0. The summed E-state index contributed by atoms with van der Waals surface area (Å²) >= 11 is 2.00. The summed E-state index contributed by atoms with van der Waals surface area (Å²) in [6, 6.07) is 45.9. The standard InChI is InChI=1S/C44H31N3S/c1-2-10-28(11-3-1)29-18-20-30(21-19-29)43-35-14-4-7-15-38(35)45-44(46-43)31-22-24-32(25-23-31)47-39-16-8-5-12-33(39)36-26-37-34-13-6-9-17-41(34)48-42(37)27-40(36)47/h1-3,5-6,8-26,42H,4,7,27H2. The van der Waals surface area contributed by atoms with Crippen molar-refractivity contribution in [2.24, 2.45) is 0 Å². The SMILES string of the molecule is C1=C2c3ccccc3SC2Cc2c1c1ccccc1n2-c1ccc(-c2nc(-c3ccc(-c4ccccc4)cc3)c3c(n2)=CCCC=3)cc1. The highest BCUT2D eigenvalue weighted by molar-refractivity contribution is 8.00. The van der Waals surface area contributed by atoms with Gasteiger partial charge in [0.15, 0.2) is 5.82 Å². The van der Waals surface area contributed by atoms with Crippen molar-refractivity contribution >= 4 is 46.5 Å². The van der Waals surface area contributed by atoms with E-state index in [4.69, 9.17) is 9.97 Å². The van der Waals surface area contributed by atoms with Crippen LogP contribution in [0, 0.1) is 0 Å². The Balaban J connectivity index is 1.05. The van der Waals surface area contributed by atoms with Crippen LogP contribution in [0.2, 0.25) is 0 Å². The molecule has 3 nitrogen and oxygen atoms in total. The predicted octanol–water partition coefficient (Wildman–Crippen LogP) is 9.35. The van der Waals surface area contributed by atoms with Crippen LogP contribution in [0.15, 0.2) is 132 Å². The number of nitrogens with zero attached hydrogens (tertiary/aromatic N) is 3. The van der Waals surface area contributed by atoms with Gasteiger partial charge in [0.2, 0.25) is 0 Å². The average Bonchev–Trinajstić information content (AvgIpc) is 3.68. The Morgan fingerprint density at radius 2 is 1.33 bits per heavy atom. The number of hydrogen-bond acceptors (Lipinski definition) is 3. The van der Waals surface area contributed by atoms with Crippen LogP contribution in [0.3, 0.4) is 0 Å². The molecule has 228 valence electrons. The van der Waals surface area contributed by atoms with Crippen molar-refractivity contribution in [3.05, 3.63) is 155 Å². The van der Waals surface area contributed by atoms with Gasteiger partial charge < -0.3 is 4.57 Å². The molecule has 1 unspecified atom stereocenters. The maximum Gasteiger partial charge on any atom is 0.160 e. The normalized spacial score (nSPS) is 15.8. The van der Waals surface area contributed by atoms with E-state index in [2.05, 4.69) is 150 Å². The molecule has 0 amide bonds. The average molecular weight is 634 g/mol. The van der Waals surface area contributed by atoms with Crippen molar-refractivity contribution in [3.8, 4) is 39.5 Å². The Morgan fingerprint density at radius 1 is 0.625 bits per heavy atom. The van der Waals surface area contributed by atoms with Crippen LogP contribution < -0.4 is 10.6 Å². The van der Waals surface area contributed by atoms with Crippen molar-refractivity contribution in [2.75, 3.05) is 0 Å². The molecule has 2 aliphatic carbocycles. The summed E-state index contributed by atoms with van der Waals surface area (Å²) in [4.78, 5) is 11.7. The first-order chi connectivity index (χ1) is 23.8. The van der Waals surface area contributed by atoms with E-state index < -0.39 is 0 Å². The molecule has 0 bridgehead atoms. The Bertz CT molecular complexity index is 2540. The summed E-state index contributed by atoms with van der Waals surface area (Å²) in [7, 11) is 0. The first-order valence-electron chi connectivity index (χ1n) is 16.7. The molecule has 5 aromatic carbocycles. The number of aromatic nitrogens is 3. The van der Waals surface area contributed by atoms with Gasteiger partial charge in [-0.25, -0.2) is 9.97 Å². The Morgan fingerprint density at radius 3 is 2.21 bits per heavy atom. The molecule has 0 spiro atoms. The minimum Gasteiger partial charge on any atom is -0.313 e. The van der Waals surface area contributed by atoms with Gasteiger partial charge in [-0.1, -0.05) is 103 Å². The quantitative estimate of drug-likeness (QED) is 0.194. The van der Waals surface area contributed by atoms with Crippen molar-refractivity contribution in [3.63, 3.8) is 0 Å². The zero-order chi connectivity index (χ0) is 31.6. The molecule has 0 radical (unpaired) electrons. The second-order valence-corrected chi connectivity index (χ2v) is 14.0. The third kappa shape index (κ3) is 4.44. The van der Waals surface area contributed by atoms with E-state index in [-0.39, 0.29) is 0 Å². The number of thioether (sulfide) groups is 1. The molecule has 0 saturated heterocycles. The van der Waals surface area contributed by atoms with E-state index in [0.29, 0.717) is 5.25 Å². The lowest BCUT2D eigenvalue weighted by Crippen LogP contribution is -2.33. The van der Waals surface area contributed by atoms with Crippen molar-refractivity contribution < 1.29 is 0 Å². The third-order valence-corrected chi connectivity index (χ3v) is 11.3. The topological polar surface area (TPSA) is 30.7 Å². The number of fused-ring (bicyclic) bond motifs is 7. The highest BCUT2D eigenvalue weighted by Crippen LogP contribution is 2.51. The van der Waals surface area contributed by atoms with Crippen LogP contribution in [0.4, 0.5) is 0 Å². The van der Waals surface area contributed by atoms with E-state index in [9.17, 15) is 0 Å².